The van der Waals surface area contributed by atoms with Crippen molar-refractivity contribution in [2.24, 2.45) is 17.8 Å². The molecule has 2 rings (SSSR count). The molecule has 19 heavy (non-hydrogen) atoms. The van der Waals surface area contributed by atoms with Gasteiger partial charge in [-0.3, -0.25) is 4.90 Å². The van der Waals surface area contributed by atoms with Crippen LogP contribution in [0.2, 0.25) is 0 Å². The molecule has 1 aliphatic heterocycles. The summed E-state index contributed by atoms with van der Waals surface area (Å²) in [6, 6.07) is 1.46. The molecule has 1 saturated heterocycles. The summed E-state index contributed by atoms with van der Waals surface area (Å²) < 4.78 is 0. The Bertz CT molecular complexity index is 264. The predicted molar refractivity (Wildman–Crippen MR) is 83.4 cm³/mol. The number of nitrogens with one attached hydrogen (secondary N) is 1. The van der Waals surface area contributed by atoms with Crippen molar-refractivity contribution < 1.29 is 0 Å². The van der Waals surface area contributed by atoms with Crippen LogP contribution in [0.25, 0.3) is 0 Å². The summed E-state index contributed by atoms with van der Waals surface area (Å²) >= 11 is 0. The SMILES string of the molecule is CCC1CN(CC2CCCCC2C)C(C(C)C)CN1. The third-order valence-corrected chi connectivity index (χ3v) is 5.56. The van der Waals surface area contributed by atoms with Gasteiger partial charge in [-0.1, -0.05) is 47.0 Å². The molecule has 0 amide bonds. The maximum Gasteiger partial charge on any atom is 0.0244 e. The lowest BCUT2D eigenvalue weighted by molar-refractivity contribution is 0.0604. The molecule has 2 aliphatic rings. The monoisotopic (exact) mass is 266 g/mol. The molecular weight excluding hydrogens is 232 g/mol. The lowest BCUT2D eigenvalue weighted by atomic mass is 9.79. The van der Waals surface area contributed by atoms with Crippen LogP contribution in [0.1, 0.15) is 59.8 Å². The first-order valence-electron chi connectivity index (χ1n) is 8.59. The molecule has 4 atom stereocenters. The van der Waals surface area contributed by atoms with Gasteiger partial charge in [0.15, 0.2) is 0 Å². The van der Waals surface area contributed by atoms with Crippen LogP contribution in [0.5, 0.6) is 0 Å². The minimum Gasteiger partial charge on any atom is -0.311 e. The molecule has 0 bridgehead atoms. The van der Waals surface area contributed by atoms with Crippen LogP contribution >= 0.6 is 0 Å². The third-order valence-electron chi connectivity index (χ3n) is 5.56. The normalized spacial score (nSPS) is 37.7. The Morgan fingerprint density at radius 3 is 2.58 bits per heavy atom. The predicted octanol–water partition coefficient (Wildman–Crippen LogP) is 3.52. The smallest absolute Gasteiger partial charge is 0.0244 e. The van der Waals surface area contributed by atoms with Gasteiger partial charge in [0.2, 0.25) is 0 Å². The molecular formula is C17H34N2. The molecule has 1 saturated carbocycles. The Balaban J connectivity index is 1.96. The molecule has 2 nitrogen and oxygen atoms in total. The van der Waals surface area contributed by atoms with Crippen LogP contribution in [-0.4, -0.2) is 36.6 Å². The van der Waals surface area contributed by atoms with Crippen LogP contribution in [0.3, 0.4) is 0 Å². The second-order valence-corrected chi connectivity index (χ2v) is 7.30. The zero-order valence-electron chi connectivity index (χ0n) is 13.5. The van der Waals surface area contributed by atoms with Crippen molar-refractivity contribution in [1.29, 1.82) is 0 Å². The quantitative estimate of drug-likeness (QED) is 0.837. The average Bonchev–Trinajstić information content (AvgIpc) is 2.41. The van der Waals surface area contributed by atoms with E-state index in [0.717, 1.165) is 23.8 Å². The number of rotatable bonds is 4. The van der Waals surface area contributed by atoms with Gasteiger partial charge in [0.05, 0.1) is 0 Å². The van der Waals surface area contributed by atoms with E-state index in [1.165, 1.54) is 51.7 Å². The molecule has 0 spiro atoms. The first-order chi connectivity index (χ1) is 9.11. The second-order valence-electron chi connectivity index (χ2n) is 7.30. The lowest BCUT2D eigenvalue weighted by Crippen LogP contribution is -2.59. The van der Waals surface area contributed by atoms with Crippen LogP contribution in [0.4, 0.5) is 0 Å². The van der Waals surface area contributed by atoms with E-state index in [4.69, 9.17) is 0 Å². The summed E-state index contributed by atoms with van der Waals surface area (Å²) in [5.41, 5.74) is 0. The van der Waals surface area contributed by atoms with E-state index in [0.29, 0.717) is 6.04 Å². The Labute approximate surface area is 120 Å². The van der Waals surface area contributed by atoms with Gasteiger partial charge in [-0.15, -0.1) is 0 Å². The molecule has 0 radical (unpaired) electrons. The number of hydrogen-bond acceptors (Lipinski definition) is 2. The van der Waals surface area contributed by atoms with Crippen molar-refractivity contribution in [2.45, 2.75) is 71.9 Å². The van der Waals surface area contributed by atoms with Crippen molar-refractivity contribution in [2.75, 3.05) is 19.6 Å². The van der Waals surface area contributed by atoms with Crippen molar-refractivity contribution in [3.05, 3.63) is 0 Å². The minimum absolute atomic E-state index is 0.717. The first kappa shape index (κ1) is 15.3. The zero-order valence-corrected chi connectivity index (χ0v) is 13.5. The van der Waals surface area contributed by atoms with Gasteiger partial charge in [0, 0.05) is 31.7 Å². The molecule has 0 aromatic carbocycles. The topological polar surface area (TPSA) is 15.3 Å². The summed E-state index contributed by atoms with van der Waals surface area (Å²) in [4.78, 5) is 2.82. The van der Waals surface area contributed by atoms with Crippen molar-refractivity contribution >= 4 is 0 Å². The molecule has 0 aromatic rings. The van der Waals surface area contributed by atoms with E-state index in [9.17, 15) is 0 Å². The zero-order chi connectivity index (χ0) is 13.8. The van der Waals surface area contributed by atoms with E-state index in [1.807, 2.05) is 0 Å². The summed E-state index contributed by atoms with van der Waals surface area (Å²) in [5.74, 6) is 2.66. The fraction of sp³-hybridized carbons (Fsp3) is 1.00. The van der Waals surface area contributed by atoms with Crippen LogP contribution < -0.4 is 5.32 Å². The highest BCUT2D eigenvalue weighted by molar-refractivity contribution is 4.89. The van der Waals surface area contributed by atoms with E-state index < -0.39 is 0 Å². The Morgan fingerprint density at radius 2 is 1.95 bits per heavy atom. The van der Waals surface area contributed by atoms with Crippen molar-refractivity contribution in [1.82, 2.24) is 10.2 Å². The fourth-order valence-electron chi connectivity index (χ4n) is 4.01. The highest BCUT2D eigenvalue weighted by Gasteiger charge is 2.32. The summed E-state index contributed by atoms with van der Waals surface area (Å²) in [5, 5.41) is 3.74. The van der Waals surface area contributed by atoms with Gasteiger partial charge in [-0.25, -0.2) is 0 Å². The standard InChI is InChI=1S/C17H34N2/c1-5-16-12-19(17(10-18-16)13(2)3)11-15-9-7-6-8-14(15)4/h13-18H,5-12H2,1-4H3. The van der Waals surface area contributed by atoms with Crippen molar-refractivity contribution in [3.8, 4) is 0 Å². The minimum atomic E-state index is 0.717. The lowest BCUT2D eigenvalue weighted by Gasteiger charge is -2.45. The van der Waals surface area contributed by atoms with Gasteiger partial charge >= 0.3 is 0 Å². The number of hydrogen-bond donors (Lipinski definition) is 1. The summed E-state index contributed by atoms with van der Waals surface area (Å²) in [6.45, 7) is 13.4. The van der Waals surface area contributed by atoms with E-state index in [2.05, 4.69) is 37.9 Å². The maximum absolute atomic E-state index is 3.74. The van der Waals surface area contributed by atoms with Gasteiger partial charge in [0.1, 0.15) is 0 Å². The molecule has 1 N–H and O–H groups in total. The highest BCUT2D eigenvalue weighted by atomic mass is 15.2. The maximum atomic E-state index is 3.74. The largest absolute Gasteiger partial charge is 0.311 e. The van der Waals surface area contributed by atoms with Gasteiger partial charge in [0.25, 0.3) is 0 Å². The molecule has 112 valence electrons. The average molecular weight is 266 g/mol. The second kappa shape index (κ2) is 7.08. The summed E-state index contributed by atoms with van der Waals surface area (Å²) in [6.07, 6.45) is 7.11. The molecule has 2 heteroatoms. The molecule has 2 fully saturated rings. The fourth-order valence-corrected chi connectivity index (χ4v) is 4.01. The highest BCUT2D eigenvalue weighted by Crippen LogP contribution is 2.31. The van der Waals surface area contributed by atoms with E-state index in [1.54, 1.807) is 0 Å². The van der Waals surface area contributed by atoms with Crippen LogP contribution in [-0.2, 0) is 0 Å². The molecule has 1 heterocycles. The summed E-state index contributed by atoms with van der Waals surface area (Å²) in [7, 11) is 0. The van der Waals surface area contributed by atoms with Crippen LogP contribution in [0.15, 0.2) is 0 Å². The van der Waals surface area contributed by atoms with Gasteiger partial charge in [-0.2, -0.15) is 0 Å². The Morgan fingerprint density at radius 1 is 1.21 bits per heavy atom. The van der Waals surface area contributed by atoms with Gasteiger partial charge < -0.3 is 5.32 Å². The molecule has 4 unspecified atom stereocenters. The van der Waals surface area contributed by atoms with Gasteiger partial charge in [-0.05, 0) is 30.6 Å². The number of piperazine rings is 1. The number of nitrogens with zero attached hydrogens (tertiary/aromatic N) is 1. The molecule has 0 aromatic heterocycles. The van der Waals surface area contributed by atoms with Crippen LogP contribution in [0, 0.1) is 17.8 Å². The van der Waals surface area contributed by atoms with Crippen molar-refractivity contribution in [3.63, 3.8) is 0 Å². The Kier molecular flexibility index (Phi) is 5.70. The van der Waals surface area contributed by atoms with E-state index in [-0.39, 0.29) is 0 Å². The first-order valence-corrected chi connectivity index (χ1v) is 8.59. The third kappa shape index (κ3) is 3.95. The molecule has 1 aliphatic carbocycles. The Hall–Kier alpha value is -0.0800. The van der Waals surface area contributed by atoms with E-state index >= 15 is 0 Å².